The Kier molecular flexibility index (Phi) is 4.80. The van der Waals surface area contributed by atoms with Gasteiger partial charge in [0.1, 0.15) is 5.57 Å². The van der Waals surface area contributed by atoms with Crippen LogP contribution in [0.15, 0.2) is 60.3 Å². The molecule has 1 aliphatic heterocycles. The number of para-hydroxylation sites is 1. The summed E-state index contributed by atoms with van der Waals surface area (Å²) >= 11 is 5.42. The van der Waals surface area contributed by atoms with Crippen LogP contribution in [-0.2, 0) is 23.1 Å². The fraction of sp³-hybridized carbons (Fsp3) is 0.174. The summed E-state index contributed by atoms with van der Waals surface area (Å²) in [7, 11) is 3.54. The van der Waals surface area contributed by atoms with Gasteiger partial charge >= 0.3 is 0 Å². The van der Waals surface area contributed by atoms with E-state index in [-0.39, 0.29) is 10.7 Å². The summed E-state index contributed by atoms with van der Waals surface area (Å²) in [5.41, 5.74) is 3.77. The van der Waals surface area contributed by atoms with Gasteiger partial charge in [0, 0.05) is 36.8 Å². The lowest BCUT2D eigenvalue weighted by Crippen LogP contribution is -2.54. The largest absolute Gasteiger partial charge is 0.350 e. The lowest BCUT2D eigenvalue weighted by atomic mass is 10.0. The van der Waals surface area contributed by atoms with Gasteiger partial charge in [-0.1, -0.05) is 37.3 Å². The summed E-state index contributed by atoms with van der Waals surface area (Å²) in [6.45, 7) is 2.07. The molecule has 0 saturated carbocycles. The molecular weight excluding hydrogens is 382 g/mol. The van der Waals surface area contributed by atoms with Crippen molar-refractivity contribution < 1.29 is 9.59 Å². The Balaban J connectivity index is 1.81. The number of carbonyl (C=O) groups excluding carboxylic acids is 2. The second kappa shape index (κ2) is 7.29. The molecule has 146 valence electrons. The van der Waals surface area contributed by atoms with Crippen LogP contribution in [0.5, 0.6) is 0 Å². The third-order valence-corrected chi connectivity index (χ3v) is 5.73. The molecule has 1 aliphatic rings. The molecule has 4 rings (SSSR count). The Labute approximate surface area is 174 Å². The van der Waals surface area contributed by atoms with Crippen LogP contribution in [0.3, 0.4) is 0 Å². The van der Waals surface area contributed by atoms with Crippen molar-refractivity contribution >= 4 is 51.8 Å². The summed E-state index contributed by atoms with van der Waals surface area (Å²) in [6.07, 6.45) is 4.49. The van der Waals surface area contributed by atoms with Crippen LogP contribution in [0.25, 0.3) is 17.0 Å². The molecule has 29 heavy (non-hydrogen) atoms. The van der Waals surface area contributed by atoms with Crippen LogP contribution in [-0.4, -0.2) is 33.4 Å². The number of carbonyl (C=O) groups is 2. The van der Waals surface area contributed by atoms with E-state index in [0.717, 1.165) is 22.9 Å². The highest BCUT2D eigenvalue weighted by Gasteiger charge is 2.38. The highest BCUT2D eigenvalue weighted by Crippen LogP contribution is 2.28. The Morgan fingerprint density at radius 1 is 0.966 bits per heavy atom. The first-order chi connectivity index (χ1) is 13.9. The number of thiocarbonyl (C=S) groups is 1. The van der Waals surface area contributed by atoms with Gasteiger partial charge in [-0.05, 0) is 48.5 Å². The van der Waals surface area contributed by atoms with Gasteiger partial charge in [0.25, 0.3) is 11.8 Å². The maximum Gasteiger partial charge on any atom is 0.270 e. The molecule has 0 bridgehead atoms. The van der Waals surface area contributed by atoms with Crippen molar-refractivity contribution in [3.8, 4) is 0 Å². The van der Waals surface area contributed by atoms with Crippen LogP contribution in [0.2, 0.25) is 0 Å². The highest BCUT2D eigenvalue weighted by atomic mass is 32.1. The molecule has 0 spiro atoms. The minimum Gasteiger partial charge on any atom is -0.350 e. The first kappa shape index (κ1) is 19.1. The van der Waals surface area contributed by atoms with E-state index in [1.165, 1.54) is 15.4 Å². The van der Waals surface area contributed by atoms with Crippen molar-refractivity contribution in [3.63, 3.8) is 0 Å². The Morgan fingerprint density at radius 3 is 2.34 bits per heavy atom. The first-order valence-electron chi connectivity index (χ1n) is 9.43. The number of aromatic nitrogens is 1. The van der Waals surface area contributed by atoms with Crippen molar-refractivity contribution in [1.29, 1.82) is 0 Å². The standard InChI is InChI=1S/C23H21N3O2S/c1-4-15-9-11-17(12-10-15)26-22(28)19(21(27)25(3)23(26)29)13-16-14-24(2)20-8-6-5-7-18(16)20/h5-14H,4H2,1-3H3. The molecule has 5 nitrogen and oxygen atoms in total. The SMILES string of the molecule is CCc1ccc(N2C(=O)C(=Cc3cn(C)c4ccccc34)C(=O)N(C)C2=S)cc1. The molecular formula is C23H21N3O2S. The minimum absolute atomic E-state index is 0.0945. The molecule has 0 N–H and O–H groups in total. The summed E-state index contributed by atoms with van der Waals surface area (Å²) in [5, 5.41) is 1.16. The summed E-state index contributed by atoms with van der Waals surface area (Å²) in [5.74, 6) is -0.801. The van der Waals surface area contributed by atoms with Crippen molar-refractivity contribution in [2.75, 3.05) is 11.9 Å². The van der Waals surface area contributed by atoms with Gasteiger partial charge in [-0.2, -0.15) is 0 Å². The van der Waals surface area contributed by atoms with E-state index < -0.39 is 11.8 Å². The average molecular weight is 404 g/mol. The van der Waals surface area contributed by atoms with Crippen molar-refractivity contribution in [2.24, 2.45) is 7.05 Å². The number of benzene rings is 2. The molecule has 3 aromatic rings. The average Bonchev–Trinajstić information content (AvgIpc) is 3.06. The molecule has 6 heteroatoms. The van der Waals surface area contributed by atoms with Gasteiger partial charge in [0.05, 0.1) is 5.69 Å². The van der Waals surface area contributed by atoms with E-state index in [9.17, 15) is 9.59 Å². The quantitative estimate of drug-likeness (QED) is 0.378. The van der Waals surface area contributed by atoms with Gasteiger partial charge in [-0.3, -0.25) is 19.4 Å². The normalized spacial score (nSPS) is 16.4. The predicted molar refractivity (Wildman–Crippen MR) is 120 cm³/mol. The number of rotatable bonds is 3. The van der Waals surface area contributed by atoms with Crippen LogP contribution < -0.4 is 4.90 Å². The van der Waals surface area contributed by atoms with E-state index in [2.05, 4.69) is 6.92 Å². The van der Waals surface area contributed by atoms with Gasteiger partial charge < -0.3 is 4.57 Å². The van der Waals surface area contributed by atoms with E-state index in [1.54, 1.807) is 13.1 Å². The van der Waals surface area contributed by atoms with Gasteiger partial charge in [0.2, 0.25) is 0 Å². The van der Waals surface area contributed by atoms with Crippen molar-refractivity contribution in [1.82, 2.24) is 9.47 Å². The van der Waals surface area contributed by atoms with Crippen molar-refractivity contribution in [2.45, 2.75) is 13.3 Å². The summed E-state index contributed by atoms with van der Waals surface area (Å²) in [4.78, 5) is 29.0. The number of fused-ring (bicyclic) bond motifs is 1. The van der Waals surface area contributed by atoms with Crippen LogP contribution in [0.4, 0.5) is 5.69 Å². The van der Waals surface area contributed by atoms with Crippen LogP contribution in [0, 0.1) is 0 Å². The Hall–Kier alpha value is -3.25. The third kappa shape index (κ3) is 3.15. The highest BCUT2D eigenvalue weighted by molar-refractivity contribution is 7.80. The fourth-order valence-electron chi connectivity index (χ4n) is 3.59. The topological polar surface area (TPSA) is 45.6 Å². The number of hydrogen-bond donors (Lipinski definition) is 0. The lowest BCUT2D eigenvalue weighted by molar-refractivity contribution is -0.127. The Bertz CT molecular complexity index is 1170. The number of hydrogen-bond acceptors (Lipinski definition) is 3. The second-order valence-electron chi connectivity index (χ2n) is 7.08. The van der Waals surface area contributed by atoms with E-state index in [4.69, 9.17) is 12.2 Å². The van der Waals surface area contributed by atoms with Crippen molar-refractivity contribution in [3.05, 3.63) is 71.4 Å². The summed E-state index contributed by atoms with van der Waals surface area (Å²) < 4.78 is 1.98. The van der Waals surface area contributed by atoms with Gasteiger partial charge in [0.15, 0.2) is 5.11 Å². The van der Waals surface area contributed by atoms with Crippen LogP contribution in [0.1, 0.15) is 18.1 Å². The molecule has 1 saturated heterocycles. The minimum atomic E-state index is -0.407. The first-order valence-corrected chi connectivity index (χ1v) is 9.84. The smallest absolute Gasteiger partial charge is 0.270 e. The Morgan fingerprint density at radius 2 is 1.66 bits per heavy atom. The maximum absolute atomic E-state index is 13.3. The lowest BCUT2D eigenvalue weighted by Gasteiger charge is -2.34. The molecule has 2 amide bonds. The summed E-state index contributed by atoms with van der Waals surface area (Å²) in [6, 6.07) is 15.6. The fourth-order valence-corrected chi connectivity index (χ4v) is 3.86. The molecule has 2 heterocycles. The number of aryl methyl sites for hydroxylation is 2. The van der Waals surface area contributed by atoms with Gasteiger partial charge in [-0.15, -0.1) is 0 Å². The molecule has 1 aromatic heterocycles. The predicted octanol–water partition coefficient (Wildman–Crippen LogP) is 3.91. The molecule has 0 unspecified atom stereocenters. The maximum atomic E-state index is 13.3. The van der Waals surface area contributed by atoms with E-state index in [0.29, 0.717) is 5.69 Å². The van der Waals surface area contributed by atoms with Crippen LogP contribution >= 0.6 is 12.2 Å². The third-order valence-electron chi connectivity index (χ3n) is 5.28. The van der Waals surface area contributed by atoms with E-state index in [1.807, 2.05) is 66.3 Å². The molecule has 0 aliphatic carbocycles. The zero-order valence-electron chi connectivity index (χ0n) is 16.5. The second-order valence-corrected chi connectivity index (χ2v) is 7.44. The molecule has 2 aromatic carbocycles. The van der Waals surface area contributed by atoms with Gasteiger partial charge in [-0.25, -0.2) is 0 Å². The zero-order valence-corrected chi connectivity index (χ0v) is 17.4. The molecule has 0 atom stereocenters. The number of nitrogens with zero attached hydrogens (tertiary/aromatic N) is 3. The zero-order chi connectivity index (χ0) is 20.7. The monoisotopic (exact) mass is 403 g/mol. The molecule has 0 radical (unpaired) electrons. The number of likely N-dealkylation sites (N-methyl/N-ethyl adjacent to an activating group) is 1. The number of anilines is 1. The molecule has 1 fully saturated rings. The van der Waals surface area contributed by atoms with E-state index >= 15 is 0 Å². The number of amides is 2.